The minimum Gasteiger partial charge on any atom is -0.493 e. The molecular weight excluding hydrogens is 292 g/mol. The van der Waals surface area contributed by atoms with Crippen LogP contribution >= 0.6 is 0 Å². The minimum atomic E-state index is 0.622. The van der Waals surface area contributed by atoms with Gasteiger partial charge in [-0.05, 0) is 12.1 Å². The zero-order valence-corrected chi connectivity index (χ0v) is 12.7. The zero-order chi connectivity index (χ0) is 15.8. The van der Waals surface area contributed by atoms with E-state index in [1.54, 1.807) is 20.4 Å². The minimum absolute atomic E-state index is 0.622. The van der Waals surface area contributed by atoms with E-state index in [2.05, 4.69) is 15.3 Å². The van der Waals surface area contributed by atoms with E-state index in [9.17, 15) is 0 Å². The van der Waals surface area contributed by atoms with Gasteiger partial charge in [0.2, 0.25) is 0 Å². The number of nitrogens with zero attached hydrogens (tertiary/aromatic N) is 4. The van der Waals surface area contributed by atoms with Gasteiger partial charge in [-0.25, -0.2) is 4.68 Å². The van der Waals surface area contributed by atoms with Crippen LogP contribution in [0.1, 0.15) is 0 Å². The molecule has 0 saturated heterocycles. The predicted octanol–water partition coefficient (Wildman–Crippen LogP) is 2.99. The Hall–Kier alpha value is -3.15. The fourth-order valence-electron chi connectivity index (χ4n) is 2.70. The smallest absolute Gasteiger partial charge is 0.162 e. The van der Waals surface area contributed by atoms with Crippen LogP contribution in [0.5, 0.6) is 11.5 Å². The van der Waals surface area contributed by atoms with E-state index >= 15 is 0 Å². The Balaban J connectivity index is 2.03. The number of ether oxygens (including phenoxy) is 2. The monoisotopic (exact) mass is 306 g/mol. The summed E-state index contributed by atoms with van der Waals surface area (Å²) in [7, 11) is 3.21. The maximum absolute atomic E-state index is 5.40. The second kappa shape index (κ2) is 5.24. The molecule has 0 spiro atoms. The summed E-state index contributed by atoms with van der Waals surface area (Å²) in [6.07, 6.45) is 3.54. The fourth-order valence-corrected chi connectivity index (χ4v) is 2.70. The van der Waals surface area contributed by atoms with E-state index in [0.717, 1.165) is 27.5 Å². The summed E-state index contributed by atoms with van der Waals surface area (Å²) in [4.78, 5) is 0. The van der Waals surface area contributed by atoms with E-state index < -0.39 is 0 Å². The topological polar surface area (TPSA) is 62.1 Å². The molecule has 0 fully saturated rings. The maximum Gasteiger partial charge on any atom is 0.162 e. The molecule has 4 aromatic rings. The summed E-state index contributed by atoms with van der Waals surface area (Å²) < 4.78 is 12.6. The Morgan fingerprint density at radius 2 is 1.74 bits per heavy atom. The lowest BCUT2D eigenvalue weighted by Crippen LogP contribution is -2.00. The van der Waals surface area contributed by atoms with Gasteiger partial charge in [-0.2, -0.15) is 15.3 Å². The van der Waals surface area contributed by atoms with Crippen LogP contribution in [-0.2, 0) is 0 Å². The molecule has 4 rings (SSSR count). The van der Waals surface area contributed by atoms with Crippen molar-refractivity contribution in [1.82, 2.24) is 20.0 Å². The first-order valence-corrected chi connectivity index (χ1v) is 7.12. The van der Waals surface area contributed by atoms with Gasteiger partial charge in [-0.3, -0.25) is 0 Å². The van der Waals surface area contributed by atoms with Crippen LogP contribution in [0, 0.1) is 0 Å². The van der Waals surface area contributed by atoms with Gasteiger partial charge in [0.25, 0.3) is 0 Å². The van der Waals surface area contributed by atoms with E-state index in [-0.39, 0.29) is 0 Å². The second-order valence-corrected chi connectivity index (χ2v) is 5.07. The van der Waals surface area contributed by atoms with E-state index in [4.69, 9.17) is 9.47 Å². The lowest BCUT2D eigenvalue weighted by molar-refractivity contribution is 0.355. The van der Waals surface area contributed by atoms with Gasteiger partial charge < -0.3 is 9.47 Å². The lowest BCUT2D eigenvalue weighted by Gasteiger charge is -2.11. The largest absolute Gasteiger partial charge is 0.493 e. The SMILES string of the molecule is COc1cc2nncc(-n3ncc4ccccc43)c2cc1OC. The first-order valence-electron chi connectivity index (χ1n) is 7.12. The van der Waals surface area contributed by atoms with Crippen LogP contribution < -0.4 is 9.47 Å². The average Bonchev–Trinajstić information content (AvgIpc) is 3.03. The number of rotatable bonds is 3. The van der Waals surface area contributed by atoms with Crippen LogP contribution in [0.4, 0.5) is 0 Å². The van der Waals surface area contributed by atoms with Crippen LogP contribution in [0.15, 0.2) is 48.8 Å². The number of para-hydroxylation sites is 1. The van der Waals surface area contributed by atoms with Crippen molar-refractivity contribution in [2.45, 2.75) is 0 Å². The van der Waals surface area contributed by atoms with Gasteiger partial charge in [-0.15, -0.1) is 0 Å². The Kier molecular flexibility index (Phi) is 3.08. The molecule has 0 unspecified atom stereocenters. The number of fused-ring (bicyclic) bond motifs is 2. The molecule has 2 aromatic carbocycles. The summed E-state index contributed by atoms with van der Waals surface area (Å²) in [5.74, 6) is 1.27. The molecule has 0 amide bonds. The third-order valence-electron chi connectivity index (χ3n) is 3.83. The van der Waals surface area contributed by atoms with E-state index in [1.807, 2.05) is 47.3 Å². The second-order valence-electron chi connectivity index (χ2n) is 5.07. The third-order valence-corrected chi connectivity index (χ3v) is 3.83. The molecule has 0 aliphatic heterocycles. The number of benzene rings is 2. The van der Waals surface area contributed by atoms with Gasteiger partial charge in [0, 0.05) is 16.8 Å². The highest BCUT2D eigenvalue weighted by Gasteiger charge is 2.13. The lowest BCUT2D eigenvalue weighted by atomic mass is 10.1. The molecule has 0 N–H and O–H groups in total. The molecule has 6 heteroatoms. The van der Waals surface area contributed by atoms with Gasteiger partial charge in [-0.1, -0.05) is 18.2 Å². The van der Waals surface area contributed by atoms with Crippen LogP contribution in [-0.4, -0.2) is 34.2 Å². The average molecular weight is 306 g/mol. The van der Waals surface area contributed by atoms with Crippen molar-refractivity contribution < 1.29 is 9.47 Å². The zero-order valence-electron chi connectivity index (χ0n) is 12.7. The fraction of sp³-hybridized carbons (Fsp3) is 0.118. The summed E-state index contributed by atoms with van der Waals surface area (Å²) >= 11 is 0. The molecule has 0 aliphatic carbocycles. The summed E-state index contributed by atoms with van der Waals surface area (Å²) in [6, 6.07) is 11.7. The van der Waals surface area contributed by atoms with Crippen molar-refractivity contribution >= 4 is 21.8 Å². The molecule has 0 saturated carbocycles. The molecule has 2 aromatic heterocycles. The molecule has 0 bridgehead atoms. The van der Waals surface area contributed by atoms with Gasteiger partial charge in [0.05, 0.1) is 43.3 Å². The van der Waals surface area contributed by atoms with E-state index in [0.29, 0.717) is 11.5 Å². The predicted molar refractivity (Wildman–Crippen MR) is 87.3 cm³/mol. The van der Waals surface area contributed by atoms with Crippen molar-refractivity contribution in [3.63, 3.8) is 0 Å². The maximum atomic E-state index is 5.40. The Labute approximate surface area is 132 Å². The quantitative estimate of drug-likeness (QED) is 0.582. The Morgan fingerprint density at radius 3 is 2.57 bits per heavy atom. The molecule has 0 atom stereocenters. The number of hydrogen-bond donors (Lipinski definition) is 0. The molecule has 2 heterocycles. The molecular formula is C17H14N4O2. The van der Waals surface area contributed by atoms with E-state index in [1.165, 1.54) is 0 Å². The molecule has 6 nitrogen and oxygen atoms in total. The van der Waals surface area contributed by atoms with Crippen molar-refractivity contribution in [3.05, 3.63) is 48.8 Å². The first-order chi connectivity index (χ1) is 11.3. The van der Waals surface area contributed by atoms with Crippen LogP contribution in [0.2, 0.25) is 0 Å². The first kappa shape index (κ1) is 13.5. The van der Waals surface area contributed by atoms with Crippen molar-refractivity contribution in [2.75, 3.05) is 14.2 Å². The Bertz CT molecular complexity index is 1010. The molecule has 0 aliphatic rings. The summed E-state index contributed by atoms with van der Waals surface area (Å²) in [6.45, 7) is 0. The van der Waals surface area contributed by atoms with Gasteiger partial charge in [0.15, 0.2) is 11.5 Å². The van der Waals surface area contributed by atoms with Crippen molar-refractivity contribution in [2.24, 2.45) is 0 Å². The standard InChI is InChI=1S/C17H14N4O2/c1-22-16-7-12-13(8-17(16)23-2)20-18-10-15(12)21-14-6-4-3-5-11(14)9-19-21/h3-10H,1-2H3. The molecule has 23 heavy (non-hydrogen) atoms. The number of methoxy groups -OCH3 is 2. The van der Waals surface area contributed by atoms with Crippen molar-refractivity contribution in [1.29, 1.82) is 0 Å². The highest BCUT2D eigenvalue weighted by molar-refractivity contribution is 5.91. The normalized spacial score (nSPS) is 11.0. The Morgan fingerprint density at radius 1 is 0.957 bits per heavy atom. The third kappa shape index (κ3) is 2.07. The van der Waals surface area contributed by atoms with Crippen molar-refractivity contribution in [3.8, 4) is 17.2 Å². The van der Waals surface area contributed by atoms with Crippen LogP contribution in [0.25, 0.3) is 27.5 Å². The van der Waals surface area contributed by atoms with Gasteiger partial charge in [0.1, 0.15) is 0 Å². The number of aromatic nitrogens is 4. The molecule has 114 valence electrons. The van der Waals surface area contributed by atoms with Crippen LogP contribution in [0.3, 0.4) is 0 Å². The highest BCUT2D eigenvalue weighted by Crippen LogP contribution is 2.33. The summed E-state index contributed by atoms with van der Waals surface area (Å²) in [5.41, 5.74) is 2.58. The highest BCUT2D eigenvalue weighted by atomic mass is 16.5. The molecule has 0 radical (unpaired) electrons. The summed E-state index contributed by atoms with van der Waals surface area (Å²) in [5, 5.41) is 14.7. The van der Waals surface area contributed by atoms with Gasteiger partial charge >= 0.3 is 0 Å². The number of hydrogen-bond acceptors (Lipinski definition) is 5.